The molecule has 0 saturated carbocycles. The topological polar surface area (TPSA) is 64.6 Å². The van der Waals surface area contributed by atoms with Gasteiger partial charge in [0.25, 0.3) is 0 Å². The standard InChI is InChI=1S/C15H16FNO4S/c1-20-12-7-8-14(21-2)15(9-12)22(18,19)17-10-11-5-3-4-6-13(11)16/h3-9,17H,10H2,1-2H3. The van der Waals surface area contributed by atoms with Gasteiger partial charge in [0.15, 0.2) is 0 Å². The van der Waals surface area contributed by atoms with Gasteiger partial charge in [0, 0.05) is 18.2 Å². The van der Waals surface area contributed by atoms with Gasteiger partial charge in [-0.2, -0.15) is 0 Å². The molecule has 0 aliphatic heterocycles. The lowest BCUT2D eigenvalue weighted by Crippen LogP contribution is -2.24. The molecule has 0 atom stereocenters. The van der Waals surface area contributed by atoms with Crippen molar-refractivity contribution in [2.24, 2.45) is 0 Å². The largest absolute Gasteiger partial charge is 0.497 e. The average Bonchev–Trinajstić information content (AvgIpc) is 2.53. The molecule has 7 heteroatoms. The highest BCUT2D eigenvalue weighted by molar-refractivity contribution is 7.89. The van der Waals surface area contributed by atoms with E-state index in [1.165, 1.54) is 38.5 Å². The number of methoxy groups -OCH3 is 2. The first-order valence-electron chi connectivity index (χ1n) is 6.43. The van der Waals surface area contributed by atoms with Gasteiger partial charge < -0.3 is 9.47 Å². The normalized spacial score (nSPS) is 11.2. The number of ether oxygens (including phenoxy) is 2. The Balaban J connectivity index is 2.29. The van der Waals surface area contributed by atoms with Crippen LogP contribution in [0.3, 0.4) is 0 Å². The molecule has 0 fully saturated rings. The van der Waals surface area contributed by atoms with E-state index in [1.807, 2.05) is 0 Å². The third kappa shape index (κ3) is 3.55. The zero-order valence-electron chi connectivity index (χ0n) is 12.2. The smallest absolute Gasteiger partial charge is 0.244 e. The lowest BCUT2D eigenvalue weighted by molar-refractivity contribution is 0.392. The van der Waals surface area contributed by atoms with Crippen molar-refractivity contribution in [3.05, 3.63) is 53.8 Å². The molecule has 1 N–H and O–H groups in total. The van der Waals surface area contributed by atoms with Crippen LogP contribution >= 0.6 is 0 Å². The van der Waals surface area contributed by atoms with Crippen LogP contribution in [0.1, 0.15) is 5.56 Å². The van der Waals surface area contributed by atoms with Crippen LogP contribution in [-0.4, -0.2) is 22.6 Å². The van der Waals surface area contributed by atoms with Gasteiger partial charge >= 0.3 is 0 Å². The van der Waals surface area contributed by atoms with Crippen molar-refractivity contribution in [2.75, 3.05) is 14.2 Å². The first kappa shape index (κ1) is 16.3. The minimum atomic E-state index is -3.87. The van der Waals surface area contributed by atoms with Gasteiger partial charge in [-0.3, -0.25) is 0 Å². The van der Waals surface area contributed by atoms with E-state index < -0.39 is 15.8 Å². The molecule has 0 unspecified atom stereocenters. The summed E-state index contributed by atoms with van der Waals surface area (Å²) in [6.07, 6.45) is 0. The average molecular weight is 325 g/mol. The summed E-state index contributed by atoms with van der Waals surface area (Å²) in [5.74, 6) is 0.0942. The molecule has 0 aliphatic rings. The highest BCUT2D eigenvalue weighted by atomic mass is 32.2. The predicted molar refractivity (Wildman–Crippen MR) is 80.0 cm³/mol. The lowest BCUT2D eigenvalue weighted by Gasteiger charge is -2.12. The highest BCUT2D eigenvalue weighted by Crippen LogP contribution is 2.28. The number of hydrogen-bond acceptors (Lipinski definition) is 4. The fourth-order valence-electron chi connectivity index (χ4n) is 1.89. The van der Waals surface area contributed by atoms with Gasteiger partial charge in [-0.15, -0.1) is 0 Å². The Morgan fingerprint density at radius 2 is 1.82 bits per heavy atom. The van der Waals surface area contributed by atoms with Gasteiger partial charge in [0.2, 0.25) is 10.0 Å². The predicted octanol–water partition coefficient (Wildman–Crippen LogP) is 2.32. The van der Waals surface area contributed by atoms with Crippen molar-refractivity contribution in [3.63, 3.8) is 0 Å². The Labute approximate surface area is 128 Å². The molecule has 0 spiro atoms. The molecule has 2 aromatic carbocycles. The van der Waals surface area contributed by atoms with E-state index in [2.05, 4.69) is 4.72 Å². The number of nitrogens with one attached hydrogen (secondary N) is 1. The molecular formula is C15H16FNO4S. The van der Waals surface area contributed by atoms with E-state index in [-0.39, 0.29) is 22.8 Å². The second-order valence-electron chi connectivity index (χ2n) is 4.43. The Bertz CT molecular complexity index is 762. The maximum absolute atomic E-state index is 13.6. The molecule has 5 nitrogen and oxygen atoms in total. The van der Waals surface area contributed by atoms with Crippen molar-refractivity contribution in [1.29, 1.82) is 0 Å². The van der Waals surface area contributed by atoms with Gasteiger partial charge in [-0.25, -0.2) is 17.5 Å². The Morgan fingerprint density at radius 1 is 1.09 bits per heavy atom. The summed E-state index contributed by atoms with van der Waals surface area (Å²) in [6.45, 7) is -0.157. The zero-order valence-corrected chi connectivity index (χ0v) is 13.0. The van der Waals surface area contributed by atoms with Crippen LogP contribution in [0.2, 0.25) is 0 Å². The number of sulfonamides is 1. The van der Waals surface area contributed by atoms with Crippen LogP contribution in [0.4, 0.5) is 4.39 Å². The van der Waals surface area contributed by atoms with Crippen molar-refractivity contribution in [1.82, 2.24) is 4.72 Å². The molecule has 118 valence electrons. The molecule has 0 heterocycles. The minimum Gasteiger partial charge on any atom is -0.497 e. The monoisotopic (exact) mass is 325 g/mol. The first-order valence-corrected chi connectivity index (χ1v) is 7.91. The van der Waals surface area contributed by atoms with Crippen LogP contribution in [0.15, 0.2) is 47.4 Å². The summed E-state index contributed by atoms with van der Waals surface area (Å²) in [5, 5.41) is 0. The Morgan fingerprint density at radius 3 is 2.45 bits per heavy atom. The summed E-state index contributed by atoms with van der Waals surface area (Å²) in [7, 11) is -1.06. The number of hydrogen-bond donors (Lipinski definition) is 1. The third-order valence-electron chi connectivity index (χ3n) is 3.07. The lowest BCUT2D eigenvalue weighted by atomic mass is 10.2. The van der Waals surface area contributed by atoms with Crippen LogP contribution in [0, 0.1) is 5.82 Å². The number of halogens is 1. The van der Waals surface area contributed by atoms with Crippen molar-refractivity contribution >= 4 is 10.0 Å². The maximum atomic E-state index is 13.6. The molecule has 0 saturated heterocycles. The van der Waals surface area contributed by atoms with E-state index >= 15 is 0 Å². The molecule has 0 amide bonds. The molecule has 2 aromatic rings. The van der Waals surface area contributed by atoms with Crippen molar-refractivity contribution in [2.45, 2.75) is 11.4 Å². The quantitative estimate of drug-likeness (QED) is 0.885. The molecule has 0 bridgehead atoms. The summed E-state index contributed by atoms with van der Waals surface area (Å²) in [4.78, 5) is -0.0642. The van der Waals surface area contributed by atoms with Gasteiger partial charge in [-0.05, 0) is 18.2 Å². The summed E-state index contributed by atoms with van der Waals surface area (Å²) >= 11 is 0. The Hall–Kier alpha value is -2.12. The fraction of sp³-hybridized carbons (Fsp3) is 0.200. The van der Waals surface area contributed by atoms with Gasteiger partial charge in [0.05, 0.1) is 14.2 Å². The van der Waals surface area contributed by atoms with E-state index in [0.29, 0.717) is 5.75 Å². The van der Waals surface area contributed by atoms with Crippen LogP contribution < -0.4 is 14.2 Å². The summed E-state index contributed by atoms with van der Waals surface area (Å²) in [6, 6.07) is 10.4. The van der Waals surface area contributed by atoms with Crippen LogP contribution in [0.5, 0.6) is 11.5 Å². The SMILES string of the molecule is COc1ccc(OC)c(S(=O)(=O)NCc2ccccc2F)c1. The first-order chi connectivity index (χ1) is 10.5. The van der Waals surface area contributed by atoms with E-state index in [1.54, 1.807) is 18.2 Å². The molecular weight excluding hydrogens is 309 g/mol. The molecule has 0 aromatic heterocycles. The van der Waals surface area contributed by atoms with Gasteiger partial charge in [-0.1, -0.05) is 18.2 Å². The molecule has 0 radical (unpaired) electrons. The zero-order chi connectivity index (χ0) is 16.2. The summed E-state index contributed by atoms with van der Waals surface area (Å²) in [5.41, 5.74) is 0.257. The maximum Gasteiger partial charge on any atom is 0.244 e. The molecule has 22 heavy (non-hydrogen) atoms. The fourth-order valence-corrected chi connectivity index (χ4v) is 3.07. The van der Waals surface area contributed by atoms with Crippen LogP contribution in [-0.2, 0) is 16.6 Å². The van der Waals surface area contributed by atoms with Gasteiger partial charge in [0.1, 0.15) is 22.2 Å². The second-order valence-corrected chi connectivity index (χ2v) is 6.17. The second kappa shape index (κ2) is 6.76. The van der Waals surface area contributed by atoms with E-state index in [9.17, 15) is 12.8 Å². The minimum absolute atomic E-state index is 0.0642. The third-order valence-corrected chi connectivity index (χ3v) is 4.49. The molecule has 2 rings (SSSR count). The van der Waals surface area contributed by atoms with Crippen molar-refractivity contribution in [3.8, 4) is 11.5 Å². The summed E-state index contributed by atoms with van der Waals surface area (Å²) < 4.78 is 50.8. The number of benzene rings is 2. The van der Waals surface area contributed by atoms with E-state index in [0.717, 1.165) is 0 Å². The highest BCUT2D eigenvalue weighted by Gasteiger charge is 2.20. The number of rotatable bonds is 6. The van der Waals surface area contributed by atoms with E-state index in [4.69, 9.17) is 9.47 Å². The van der Waals surface area contributed by atoms with Crippen LogP contribution in [0.25, 0.3) is 0 Å². The van der Waals surface area contributed by atoms with Crippen molar-refractivity contribution < 1.29 is 22.3 Å². The molecule has 0 aliphatic carbocycles. The Kier molecular flexibility index (Phi) is 4.99.